The first-order valence-corrected chi connectivity index (χ1v) is 7.34. The van der Waals surface area contributed by atoms with Gasteiger partial charge in [-0.1, -0.05) is 12.1 Å². The summed E-state index contributed by atoms with van der Waals surface area (Å²) >= 11 is 1.47. The number of nitrogens with two attached hydrogens (primary N) is 1. The van der Waals surface area contributed by atoms with Crippen molar-refractivity contribution >= 4 is 22.9 Å². The van der Waals surface area contributed by atoms with Crippen molar-refractivity contribution in [2.75, 3.05) is 5.73 Å². The molecule has 1 amide bonds. The minimum absolute atomic E-state index is 0.0182. The van der Waals surface area contributed by atoms with Crippen LogP contribution in [0, 0.1) is 0 Å². The minimum atomic E-state index is 0.0182. The van der Waals surface area contributed by atoms with Crippen LogP contribution in [0.5, 0.6) is 0 Å². The minimum Gasteiger partial charge on any atom is -0.399 e. The molecule has 19 heavy (non-hydrogen) atoms. The number of anilines is 1. The number of aryl methyl sites for hydroxylation is 1. The van der Waals surface area contributed by atoms with Crippen LogP contribution in [0.25, 0.3) is 0 Å². The lowest BCUT2D eigenvalue weighted by Crippen LogP contribution is -2.30. The number of nitrogen functional groups attached to an aromatic ring is 1. The summed E-state index contributed by atoms with van der Waals surface area (Å²) in [4.78, 5) is 12.9. The first kappa shape index (κ1) is 12.2. The molecule has 3 N–H and O–H groups in total. The van der Waals surface area contributed by atoms with Crippen molar-refractivity contribution in [1.29, 1.82) is 0 Å². The number of benzene rings is 1. The van der Waals surface area contributed by atoms with Crippen LogP contribution in [0.3, 0.4) is 0 Å². The third-order valence-electron chi connectivity index (χ3n) is 3.53. The first-order valence-electron chi connectivity index (χ1n) is 6.47. The van der Waals surface area contributed by atoms with E-state index in [4.69, 9.17) is 5.73 Å². The second kappa shape index (κ2) is 5.05. The zero-order valence-electron chi connectivity index (χ0n) is 10.6. The Morgan fingerprint density at radius 1 is 1.37 bits per heavy atom. The Morgan fingerprint density at radius 2 is 2.26 bits per heavy atom. The molecule has 1 aliphatic carbocycles. The molecular formula is C15H16N2OS. The fraction of sp³-hybridized carbons (Fsp3) is 0.267. The van der Waals surface area contributed by atoms with Gasteiger partial charge in [0.2, 0.25) is 0 Å². The zero-order chi connectivity index (χ0) is 13.2. The van der Waals surface area contributed by atoms with E-state index in [0.29, 0.717) is 0 Å². The van der Waals surface area contributed by atoms with Crippen LogP contribution in [-0.4, -0.2) is 5.91 Å². The number of carbonyl (C=O) groups is 1. The van der Waals surface area contributed by atoms with Gasteiger partial charge in [-0.25, -0.2) is 0 Å². The average Bonchev–Trinajstić information content (AvgIpc) is 2.92. The molecule has 0 saturated carbocycles. The van der Waals surface area contributed by atoms with Crippen LogP contribution in [0.1, 0.15) is 39.7 Å². The number of carbonyl (C=O) groups excluding carboxylic acids is 1. The molecule has 3 nitrogen and oxygen atoms in total. The van der Waals surface area contributed by atoms with Crippen LogP contribution in [-0.2, 0) is 6.42 Å². The lowest BCUT2D eigenvalue weighted by atomic mass is 9.87. The van der Waals surface area contributed by atoms with E-state index in [0.717, 1.165) is 29.8 Å². The summed E-state index contributed by atoms with van der Waals surface area (Å²) in [5, 5.41) is 5.05. The molecule has 1 aromatic carbocycles. The van der Waals surface area contributed by atoms with E-state index in [1.165, 1.54) is 22.5 Å². The average molecular weight is 272 g/mol. The molecule has 1 atom stereocenters. The Balaban J connectivity index is 1.82. The maximum Gasteiger partial charge on any atom is 0.261 e. The smallest absolute Gasteiger partial charge is 0.261 e. The third-order valence-corrected chi connectivity index (χ3v) is 4.40. The Kier molecular flexibility index (Phi) is 3.25. The lowest BCUT2D eigenvalue weighted by molar-refractivity contribution is 0.0937. The molecule has 1 unspecified atom stereocenters. The molecule has 4 heteroatoms. The van der Waals surface area contributed by atoms with Gasteiger partial charge < -0.3 is 11.1 Å². The van der Waals surface area contributed by atoms with Crippen molar-refractivity contribution in [3.05, 3.63) is 51.7 Å². The summed E-state index contributed by atoms with van der Waals surface area (Å²) in [6.45, 7) is 0. The van der Waals surface area contributed by atoms with Crippen LogP contribution >= 0.6 is 11.3 Å². The normalized spacial score (nSPS) is 17.8. The van der Waals surface area contributed by atoms with Crippen molar-refractivity contribution in [2.45, 2.75) is 25.3 Å². The predicted molar refractivity (Wildman–Crippen MR) is 78.3 cm³/mol. The molecule has 1 aliphatic rings. The van der Waals surface area contributed by atoms with E-state index in [1.54, 1.807) is 0 Å². The number of nitrogens with one attached hydrogen (secondary N) is 1. The van der Waals surface area contributed by atoms with E-state index >= 15 is 0 Å². The fourth-order valence-corrected chi connectivity index (χ4v) is 3.25. The Bertz CT molecular complexity index is 592. The fourth-order valence-electron chi connectivity index (χ4n) is 2.62. The number of rotatable bonds is 2. The van der Waals surface area contributed by atoms with Crippen LogP contribution in [0.2, 0.25) is 0 Å². The van der Waals surface area contributed by atoms with Crippen molar-refractivity contribution in [2.24, 2.45) is 0 Å². The highest BCUT2D eigenvalue weighted by Gasteiger charge is 2.22. The van der Waals surface area contributed by atoms with Gasteiger partial charge in [0.25, 0.3) is 5.91 Å². The quantitative estimate of drug-likeness (QED) is 0.825. The Labute approximate surface area is 116 Å². The summed E-state index contributed by atoms with van der Waals surface area (Å²) in [7, 11) is 0. The topological polar surface area (TPSA) is 55.1 Å². The number of hydrogen-bond acceptors (Lipinski definition) is 3. The van der Waals surface area contributed by atoms with E-state index in [1.807, 2.05) is 35.7 Å². The van der Waals surface area contributed by atoms with Gasteiger partial charge in [-0.05, 0) is 54.0 Å². The molecule has 0 aliphatic heterocycles. The van der Waals surface area contributed by atoms with E-state index in [2.05, 4.69) is 5.32 Å². The van der Waals surface area contributed by atoms with Gasteiger partial charge in [-0.15, -0.1) is 11.3 Å². The first-order chi connectivity index (χ1) is 9.24. The highest BCUT2D eigenvalue weighted by atomic mass is 32.1. The Hall–Kier alpha value is -1.81. The summed E-state index contributed by atoms with van der Waals surface area (Å²) < 4.78 is 0. The summed E-state index contributed by atoms with van der Waals surface area (Å²) in [6.07, 6.45) is 3.13. The molecular weight excluding hydrogens is 256 g/mol. The monoisotopic (exact) mass is 272 g/mol. The summed E-state index contributed by atoms with van der Waals surface area (Å²) in [5.41, 5.74) is 9.10. The van der Waals surface area contributed by atoms with Gasteiger partial charge in [-0.2, -0.15) is 0 Å². The molecule has 98 valence electrons. The van der Waals surface area contributed by atoms with Crippen molar-refractivity contribution in [1.82, 2.24) is 5.32 Å². The van der Waals surface area contributed by atoms with Crippen molar-refractivity contribution in [3.63, 3.8) is 0 Å². The SMILES string of the molecule is Nc1ccc2c(c1)CCCC2NC(=O)c1cccs1. The maximum absolute atomic E-state index is 12.1. The molecule has 1 aromatic heterocycles. The molecule has 0 fully saturated rings. The standard InChI is InChI=1S/C15H16N2OS/c16-11-6-7-12-10(9-11)3-1-4-13(12)17-15(18)14-5-2-8-19-14/h2,5-9,13H,1,3-4,16H2,(H,17,18). The van der Waals surface area contributed by atoms with E-state index in [9.17, 15) is 4.79 Å². The molecule has 3 rings (SSSR count). The third kappa shape index (κ3) is 2.49. The number of thiophene rings is 1. The molecule has 0 bridgehead atoms. The van der Waals surface area contributed by atoms with Crippen LogP contribution in [0.15, 0.2) is 35.7 Å². The van der Waals surface area contributed by atoms with Crippen molar-refractivity contribution < 1.29 is 4.79 Å². The van der Waals surface area contributed by atoms with E-state index in [-0.39, 0.29) is 11.9 Å². The number of amides is 1. The molecule has 0 spiro atoms. The summed E-state index contributed by atoms with van der Waals surface area (Å²) in [6, 6.07) is 9.84. The zero-order valence-corrected chi connectivity index (χ0v) is 11.4. The second-order valence-corrected chi connectivity index (χ2v) is 5.80. The van der Waals surface area contributed by atoms with Gasteiger partial charge in [0.1, 0.15) is 0 Å². The summed E-state index contributed by atoms with van der Waals surface area (Å²) in [5.74, 6) is 0.0182. The predicted octanol–water partition coefficient (Wildman–Crippen LogP) is 3.14. The van der Waals surface area contributed by atoms with Gasteiger partial charge in [0.05, 0.1) is 10.9 Å². The largest absolute Gasteiger partial charge is 0.399 e. The maximum atomic E-state index is 12.1. The van der Waals surface area contributed by atoms with Gasteiger partial charge >= 0.3 is 0 Å². The van der Waals surface area contributed by atoms with Crippen LogP contribution < -0.4 is 11.1 Å². The van der Waals surface area contributed by atoms with Gasteiger partial charge in [0, 0.05) is 5.69 Å². The highest BCUT2D eigenvalue weighted by Crippen LogP contribution is 2.31. The highest BCUT2D eigenvalue weighted by molar-refractivity contribution is 7.12. The van der Waals surface area contributed by atoms with Crippen molar-refractivity contribution in [3.8, 4) is 0 Å². The Morgan fingerprint density at radius 3 is 3.05 bits per heavy atom. The second-order valence-electron chi connectivity index (χ2n) is 4.85. The van der Waals surface area contributed by atoms with E-state index < -0.39 is 0 Å². The number of hydrogen-bond donors (Lipinski definition) is 2. The molecule has 0 saturated heterocycles. The lowest BCUT2D eigenvalue weighted by Gasteiger charge is -2.26. The molecule has 0 radical (unpaired) electrons. The van der Waals surface area contributed by atoms with Crippen LogP contribution in [0.4, 0.5) is 5.69 Å². The molecule has 1 heterocycles. The van der Waals surface area contributed by atoms with Gasteiger partial charge in [0.15, 0.2) is 0 Å². The van der Waals surface area contributed by atoms with Gasteiger partial charge in [-0.3, -0.25) is 4.79 Å². The molecule has 2 aromatic rings. The number of fused-ring (bicyclic) bond motifs is 1.